The lowest BCUT2D eigenvalue weighted by Gasteiger charge is -2.06. The van der Waals surface area contributed by atoms with Crippen molar-refractivity contribution in [1.82, 2.24) is 4.98 Å². The maximum atomic E-state index is 12.5. The van der Waals surface area contributed by atoms with Crippen LogP contribution in [0.5, 0.6) is 0 Å². The number of rotatable bonds is 5. The highest BCUT2D eigenvalue weighted by molar-refractivity contribution is 14.1. The Bertz CT molecular complexity index is 838. The molecular formula is C19H15IN2O2. The van der Waals surface area contributed by atoms with Gasteiger partial charge >= 0.3 is 0 Å². The number of aromatic nitrogens is 1. The lowest BCUT2D eigenvalue weighted by Crippen LogP contribution is -2.12. The van der Waals surface area contributed by atoms with E-state index in [-0.39, 0.29) is 11.7 Å². The highest BCUT2D eigenvalue weighted by atomic mass is 127. The zero-order valence-corrected chi connectivity index (χ0v) is 14.9. The number of halogens is 1. The van der Waals surface area contributed by atoms with Gasteiger partial charge in [-0.25, -0.2) is 0 Å². The van der Waals surface area contributed by atoms with Crippen LogP contribution in [0.1, 0.15) is 32.0 Å². The number of H-pyrrole nitrogens is 1. The van der Waals surface area contributed by atoms with Gasteiger partial charge in [0.15, 0.2) is 5.78 Å². The number of amides is 1. The quantitative estimate of drug-likeness (QED) is 0.358. The average Bonchev–Trinajstić information content (AvgIpc) is 3.17. The Kier molecular flexibility index (Phi) is 5.10. The van der Waals surface area contributed by atoms with E-state index in [1.165, 1.54) is 5.56 Å². The van der Waals surface area contributed by atoms with E-state index in [1.807, 2.05) is 24.3 Å². The highest BCUT2D eigenvalue weighted by Gasteiger charge is 2.10. The molecule has 2 N–H and O–H groups in total. The highest BCUT2D eigenvalue weighted by Crippen LogP contribution is 2.16. The molecule has 0 spiro atoms. The minimum absolute atomic E-state index is 0.0303. The summed E-state index contributed by atoms with van der Waals surface area (Å²) in [5.41, 5.74) is 3.58. The summed E-state index contributed by atoms with van der Waals surface area (Å²) in [6.07, 6.45) is 1.69. The molecule has 0 unspecified atom stereocenters. The van der Waals surface area contributed by atoms with Gasteiger partial charge in [0, 0.05) is 27.4 Å². The van der Waals surface area contributed by atoms with Crippen LogP contribution in [-0.4, -0.2) is 16.7 Å². The number of hydrogen-bond acceptors (Lipinski definition) is 2. The normalized spacial score (nSPS) is 10.4. The maximum absolute atomic E-state index is 12.5. The van der Waals surface area contributed by atoms with Crippen molar-refractivity contribution in [1.29, 1.82) is 0 Å². The third-order valence-corrected chi connectivity index (χ3v) is 4.50. The Morgan fingerprint density at radius 1 is 0.917 bits per heavy atom. The van der Waals surface area contributed by atoms with Crippen molar-refractivity contribution >= 4 is 40.0 Å². The number of benzene rings is 2. The summed E-state index contributed by atoms with van der Waals surface area (Å²) in [6.45, 7) is 0. The summed E-state index contributed by atoms with van der Waals surface area (Å²) in [7, 11) is 0. The Balaban J connectivity index is 1.71. The molecule has 1 amide bonds. The number of hydrogen-bond donors (Lipinski definition) is 2. The molecule has 0 aliphatic heterocycles. The molecule has 0 radical (unpaired) electrons. The van der Waals surface area contributed by atoms with Crippen LogP contribution in [-0.2, 0) is 4.43 Å². The smallest absolute Gasteiger partial charge is 0.272 e. The molecule has 4 nitrogen and oxygen atoms in total. The molecule has 0 aliphatic rings. The van der Waals surface area contributed by atoms with Crippen LogP contribution in [0.3, 0.4) is 0 Å². The van der Waals surface area contributed by atoms with Crippen molar-refractivity contribution < 1.29 is 9.59 Å². The third-order valence-electron chi connectivity index (χ3n) is 3.62. The van der Waals surface area contributed by atoms with Crippen molar-refractivity contribution in [3.63, 3.8) is 0 Å². The average molecular weight is 430 g/mol. The van der Waals surface area contributed by atoms with Gasteiger partial charge in [0.05, 0.1) is 0 Å². The van der Waals surface area contributed by atoms with Gasteiger partial charge in [-0.15, -0.1) is 0 Å². The van der Waals surface area contributed by atoms with Crippen LogP contribution < -0.4 is 5.32 Å². The van der Waals surface area contributed by atoms with Crippen LogP contribution in [0, 0.1) is 0 Å². The molecule has 0 atom stereocenters. The summed E-state index contributed by atoms with van der Waals surface area (Å²) in [4.78, 5) is 27.3. The summed E-state index contributed by atoms with van der Waals surface area (Å²) in [5, 5.41) is 2.78. The topological polar surface area (TPSA) is 62.0 Å². The van der Waals surface area contributed by atoms with Crippen molar-refractivity contribution in [2.45, 2.75) is 4.43 Å². The minimum Gasteiger partial charge on any atom is -0.357 e. The van der Waals surface area contributed by atoms with Gasteiger partial charge in [0.25, 0.3) is 5.91 Å². The minimum atomic E-state index is -0.214. The van der Waals surface area contributed by atoms with Crippen molar-refractivity contribution in [3.8, 4) is 0 Å². The second kappa shape index (κ2) is 7.44. The van der Waals surface area contributed by atoms with Gasteiger partial charge in [-0.3, -0.25) is 9.59 Å². The summed E-state index contributed by atoms with van der Waals surface area (Å²) in [6, 6.07) is 18.0. The van der Waals surface area contributed by atoms with E-state index < -0.39 is 0 Å². The van der Waals surface area contributed by atoms with E-state index in [0.29, 0.717) is 22.5 Å². The number of aromatic amines is 1. The number of carbonyl (C=O) groups excluding carboxylic acids is 2. The molecule has 120 valence electrons. The van der Waals surface area contributed by atoms with Crippen LogP contribution in [0.25, 0.3) is 0 Å². The predicted molar refractivity (Wildman–Crippen MR) is 103 cm³/mol. The fourth-order valence-corrected chi connectivity index (χ4v) is 2.80. The molecule has 0 fully saturated rings. The molecule has 3 rings (SSSR count). The lowest BCUT2D eigenvalue weighted by atomic mass is 10.0. The monoisotopic (exact) mass is 430 g/mol. The van der Waals surface area contributed by atoms with Gasteiger partial charge in [-0.1, -0.05) is 46.9 Å². The van der Waals surface area contributed by atoms with Gasteiger partial charge in [0.1, 0.15) is 5.69 Å². The Morgan fingerprint density at radius 3 is 2.08 bits per heavy atom. The molecule has 0 bridgehead atoms. The zero-order chi connectivity index (χ0) is 16.9. The second-order valence-electron chi connectivity index (χ2n) is 5.27. The first-order chi connectivity index (χ1) is 11.7. The second-order valence-corrected chi connectivity index (χ2v) is 6.04. The SMILES string of the molecule is O=C(c1ccc(CI)cc1)c1ccc(NC(=O)c2ccc[nH]2)cc1. The molecule has 0 aliphatic carbocycles. The lowest BCUT2D eigenvalue weighted by molar-refractivity contribution is 0.102. The van der Waals surface area contributed by atoms with Crippen molar-refractivity contribution in [2.75, 3.05) is 5.32 Å². The van der Waals surface area contributed by atoms with Gasteiger partial charge < -0.3 is 10.3 Å². The zero-order valence-electron chi connectivity index (χ0n) is 12.8. The van der Waals surface area contributed by atoms with Crippen LogP contribution >= 0.6 is 22.6 Å². The first-order valence-corrected chi connectivity index (χ1v) is 8.94. The van der Waals surface area contributed by atoms with E-state index in [1.54, 1.807) is 42.6 Å². The Labute approximate surface area is 153 Å². The Hall–Kier alpha value is -2.41. The maximum Gasteiger partial charge on any atom is 0.272 e. The van der Waals surface area contributed by atoms with Gasteiger partial charge in [0.2, 0.25) is 0 Å². The molecule has 0 saturated heterocycles. The third kappa shape index (κ3) is 3.73. The molecule has 0 saturated carbocycles. The van der Waals surface area contributed by atoms with Crippen LogP contribution in [0.2, 0.25) is 0 Å². The summed E-state index contributed by atoms with van der Waals surface area (Å²) in [5.74, 6) is -0.245. The van der Waals surface area contributed by atoms with Crippen molar-refractivity contribution in [2.24, 2.45) is 0 Å². The van der Waals surface area contributed by atoms with Crippen LogP contribution in [0.4, 0.5) is 5.69 Å². The first kappa shape index (κ1) is 16.4. The van der Waals surface area contributed by atoms with E-state index >= 15 is 0 Å². The molecule has 24 heavy (non-hydrogen) atoms. The fourth-order valence-electron chi connectivity index (χ4n) is 2.29. The van der Waals surface area contributed by atoms with E-state index in [2.05, 4.69) is 32.9 Å². The number of carbonyl (C=O) groups is 2. The number of nitrogens with one attached hydrogen (secondary N) is 2. The largest absolute Gasteiger partial charge is 0.357 e. The van der Waals surface area contributed by atoms with E-state index in [0.717, 1.165) is 4.43 Å². The summed E-state index contributed by atoms with van der Waals surface area (Å²) < 4.78 is 0.918. The number of anilines is 1. The predicted octanol–water partition coefficient (Wildman–Crippen LogP) is 4.43. The van der Waals surface area contributed by atoms with Gasteiger partial charge in [-0.05, 0) is 42.0 Å². The molecule has 5 heteroatoms. The number of alkyl halides is 1. The Morgan fingerprint density at radius 2 is 1.54 bits per heavy atom. The first-order valence-electron chi connectivity index (χ1n) is 7.42. The van der Waals surface area contributed by atoms with E-state index in [4.69, 9.17) is 0 Å². The van der Waals surface area contributed by atoms with Crippen LogP contribution in [0.15, 0.2) is 66.9 Å². The van der Waals surface area contributed by atoms with Crippen molar-refractivity contribution in [3.05, 3.63) is 89.2 Å². The van der Waals surface area contributed by atoms with E-state index in [9.17, 15) is 9.59 Å². The number of ketones is 1. The molecule has 3 aromatic rings. The fraction of sp³-hybridized carbons (Fsp3) is 0.0526. The summed E-state index contributed by atoms with van der Waals surface area (Å²) >= 11 is 2.29. The standard InChI is InChI=1S/C19H15IN2O2/c20-12-13-3-5-14(6-4-13)18(23)15-7-9-16(10-8-15)22-19(24)17-2-1-11-21-17/h1-11,21H,12H2,(H,22,24). The molecule has 2 aromatic carbocycles. The van der Waals surface area contributed by atoms with Gasteiger partial charge in [-0.2, -0.15) is 0 Å². The molecule has 1 heterocycles. The molecular weight excluding hydrogens is 415 g/mol. The molecule has 1 aromatic heterocycles.